The number of non-ortho nitro benzene ring substituents is 1. The summed E-state index contributed by atoms with van der Waals surface area (Å²) in [6.45, 7) is 1.81. The number of pyridine rings is 1. The van der Waals surface area contributed by atoms with E-state index in [1.165, 1.54) is 12.1 Å². The van der Waals surface area contributed by atoms with E-state index in [1.807, 2.05) is 37.3 Å². The van der Waals surface area contributed by atoms with Crippen molar-refractivity contribution >= 4 is 28.2 Å². The molecular formula is C19H12ClN3O3. The summed E-state index contributed by atoms with van der Waals surface area (Å²) in [5.41, 5.74) is 3.39. The molecular weight excluding hydrogens is 354 g/mol. The molecule has 6 nitrogen and oxygen atoms in total. The third-order valence-electron chi connectivity index (χ3n) is 4.07. The number of hydrogen-bond acceptors (Lipinski definition) is 5. The summed E-state index contributed by atoms with van der Waals surface area (Å²) in [4.78, 5) is 15.2. The van der Waals surface area contributed by atoms with Crippen LogP contribution < -0.4 is 0 Å². The number of rotatable bonds is 3. The predicted octanol–water partition coefficient (Wildman–Crippen LogP) is 5.43. The fourth-order valence-electron chi connectivity index (χ4n) is 2.95. The minimum atomic E-state index is -0.429. The number of nitro benzene ring substituents is 1. The van der Waals surface area contributed by atoms with Crippen molar-refractivity contribution in [2.75, 3.05) is 0 Å². The number of aromatic nitrogens is 2. The smallest absolute Gasteiger partial charge is 0.270 e. The normalized spacial score (nSPS) is 11.0. The second-order valence-electron chi connectivity index (χ2n) is 5.81. The first kappa shape index (κ1) is 16.2. The van der Waals surface area contributed by atoms with Crippen LogP contribution in [0.1, 0.15) is 5.69 Å². The molecule has 0 aliphatic rings. The van der Waals surface area contributed by atoms with Crippen LogP contribution in [0.4, 0.5) is 5.69 Å². The van der Waals surface area contributed by atoms with Gasteiger partial charge in [-0.1, -0.05) is 47.1 Å². The van der Waals surface area contributed by atoms with Gasteiger partial charge in [0.15, 0.2) is 5.76 Å². The Kier molecular flexibility index (Phi) is 3.89. The monoisotopic (exact) mass is 365 g/mol. The Morgan fingerprint density at radius 2 is 1.85 bits per heavy atom. The highest BCUT2D eigenvalue weighted by Gasteiger charge is 2.22. The van der Waals surface area contributed by atoms with Crippen molar-refractivity contribution in [2.24, 2.45) is 0 Å². The zero-order chi connectivity index (χ0) is 18.3. The summed E-state index contributed by atoms with van der Waals surface area (Å²) in [6.07, 6.45) is 0. The van der Waals surface area contributed by atoms with Crippen molar-refractivity contribution in [3.8, 4) is 22.5 Å². The van der Waals surface area contributed by atoms with Crippen LogP contribution in [0.25, 0.3) is 33.4 Å². The van der Waals surface area contributed by atoms with Crippen LogP contribution in [0.3, 0.4) is 0 Å². The lowest BCUT2D eigenvalue weighted by Gasteiger charge is -2.13. The molecule has 0 amide bonds. The molecule has 0 spiro atoms. The summed E-state index contributed by atoms with van der Waals surface area (Å²) in [5, 5.41) is 16.0. The van der Waals surface area contributed by atoms with E-state index in [4.69, 9.17) is 16.1 Å². The number of nitrogens with zero attached hydrogens (tertiary/aromatic N) is 3. The molecule has 128 valence electrons. The maximum absolute atomic E-state index is 11.2. The number of halogens is 1. The fraction of sp³-hybridized carbons (Fsp3) is 0.0526. The standard InChI is InChI=1S/C19H12ClN3O3/c1-11-9-16(26-22-11)18-17(12-5-3-2-4-6-12)14-10-13(23(24)25)7-8-15(14)21-19(18)20/h2-10H,1H3. The van der Waals surface area contributed by atoms with Gasteiger partial charge in [0.2, 0.25) is 0 Å². The molecule has 0 saturated carbocycles. The lowest BCUT2D eigenvalue weighted by Crippen LogP contribution is -1.94. The molecule has 0 aliphatic heterocycles. The van der Waals surface area contributed by atoms with E-state index in [-0.39, 0.29) is 10.8 Å². The molecule has 0 atom stereocenters. The number of aryl methyl sites for hydroxylation is 1. The Morgan fingerprint density at radius 1 is 1.08 bits per heavy atom. The molecule has 0 N–H and O–H groups in total. The Balaban J connectivity index is 2.15. The first-order valence-corrected chi connectivity index (χ1v) is 8.19. The van der Waals surface area contributed by atoms with Gasteiger partial charge in [-0.3, -0.25) is 10.1 Å². The van der Waals surface area contributed by atoms with Crippen LogP contribution in [0.5, 0.6) is 0 Å². The van der Waals surface area contributed by atoms with Gasteiger partial charge in [0.1, 0.15) is 5.15 Å². The summed E-state index contributed by atoms with van der Waals surface area (Å²) in [5.74, 6) is 0.465. The van der Waals surface area contributed by atoms with E-state index in [1.54, 1.807) is 12.1 Å². The average molecular weight is 366 g/mol. The van der Waals surface area contributed by atoms with Crippen molar-refractivity contribution in [2.45, 2.75) is 6.92 Å². The number of fused-ring (bicyclic) bond motifs is 1. The van der Waals surface area contributed by atoms with E-state index >= 15 is 0 Å². The molecule has 0 saturated heterocycles. The third-order valence-corrected chi connectivity index (χ3v) is 4.35. The van der Waals surface area contributed by atoms with Crippen LogP contribution in [0, 0.1) is 17.0 Å². The summed E-state index contributed by atoms with van der Waals surface area (Å²) < 4.78 is 5.41. The van der Waals surface area contributed by atoms with Gasteiger partial charge >= 0.3 is 0 Å². The highest BCUT2D eigenvalue weighted by Crippen LogP contribution is 2.42. The maximum Gasteiger partial charge on any atom is 0.270 e. The average Bonchev–Trinajstić information content (AvgIpc) is 3.06. The van der Waals surface area contributed by atoms with Crippen LogP contribution in [-0.4, -0.2) is 15.1 Å². The lowest BCUT2D eigenvalue weighted by molar-refractivity contribution is -0.384. The molecule has 0 fully saturated rings. The SMILES string of the molecule is Cc1cc(-c2c(Cl)nc3ccc([N+](=O)[O-])cc3c2-c2ccccc2)on1. The largest absolute Gasteiger partial charge is 0.356 e. The van der Waals surface area contributed by atoms with Gasteiger partial charge in [-0.2, -0.15) is 0 Å². The third kappa shape index (κ3) is 2.70. The summed E-state index contributed by atoms with van der Waals surface area (Å²) in [7, 11) is 0. The maximum atomic E-state index is 11.2. The molecule has 2 aromatic heterocycles. The number of nitro groups is 1. The Labute approximate surface area is 153 Å². The van der Waals surface area contributed by atoms with Gasteiger partial charge in [-0.25, -0.2) is 4.98 Å². The fourth-order valence-corrected chi connectivity index (χ4v) is 3.22. The molecule has 2 aromatic carbocycles. The van der Waals surface area contributed by atoms with Gasteiger partial charge in [-0.05, 0) is 18.6 Å². The van der Waals surface area contributed by atoms with Crippen molar-refractivity contribution < 1.29 is 9.45 Å². The Bertz CT molecular complexity index is 1140. The zero-order valence-electron chi connectivity index (χ0n) is 13.6. The van der Waals surface area contributed by atoms with Gasteiger partial charge in [0, 0.05) is 29.1 Å². The minimum absolute atomic E-state index is 0.0153. The molecule has 7 heteroatoms. The van der Waals surface area contributed by atoms with Crippen LogP contribution in [0.15, 0.2) is 59.1 Å². The molecule has 0 unspecified atom stereocenters. The summed E-state index contributed by atoms with van der Waals surface area (Å²) in [6, 6.07) is 15.8. The highest BCUT2D eigenvalue weighted by atomic mass is 35.5. The second-order valence-corrected chi connectivity index (χ2v) is 6.17. The Morgan fingerprint density at radius 3 is 2.50 bits per heavy atom. The van der Waals surface area contributed by atoms with Crippen molar-refractivity contribution in [1.82, 2.24) is 10.1 Å². The number of benzene rings is 2. The van der Waals surface area contributed by atoms with Gasteiger partial charge < -0.3 is 4.52 Å². The van der Waals surface area contributed by atoms with Crippen molar-refractivity contribution in [1.29, 1.82) is 0 Å². The number of hydrogen-bond donors (Lipinski definition) is 0. The van der Waals surface area contributed by atoms with E-state index in [2.05, 4.69) is 10.1 Å². The molecule has 0 radical (unpaired) electrons. The summed E-state index contributed by atoms with van der Waals surface area (Å²) >= 11 is 6.47. The van der Waals surface area contributed by atoms with Crippen LogP contribution >= 0.6 is 11.6 Å². The van der Waals surface area contributed by atoms with E-state index in [9.17, 15) is 10.1 Å². The van der Waals surface area contributed by atoms with E-state index < -0.39 is 4.92 Å². The quantitative estimate of drug-likeness (QED) is 0.275. The molecule has 0 aliphatic carbocycles. The van der Waals surface area contributed by atoms with Crippen LogP contribution in [0.2, 0.25) is 5.15 Å². The molecule has 0 bridgehead atoms. The first-order chi connectivity index (χ1) is 12.5. The van der Waals surface area contributed by atoms with Crippen molar-refractivity contribution in [3.05, 3.63) is 75.6 Å². The zero-order valence-corrected chi connectivity index (χ0v) is 14.4. The van der Waals surface area contributed by atoms with E-state index in [0.29, 0.717) is 27.9 Å². The van der Waals surface area contributed by atoms with E-state index in [0.717, 1.165) is 11.1 Å². The topological polar surface area (TPSA) is 82.1 Å². The molecule has 4 aromatic rings. The predicted molar refractivity (Wildman–Crippen MR) is 99.1 cm³/mol. The molecule has 4 rings (SSSR count). The van der Waals surface area contributed by atoms with Gasteiger partial charge in [-0.15, -0.1) is 0 Å². The van der Waals surface area contributed by atoms with Crippen LogP contribution in [-0.2, 0) is 0 Å². The molecule has 26 heavy (non-hydrogen) atoms. The highest BCUT2D eigenvalue weighted by molar-refractivity contribution is 6.34. The second kappa shape index (κ2) is 6.24. The van der Waals surface area contributed by atoms with Crippen molar-refractivity contribution in [3.63, 3.8) is 0 Å². The van der Waals surface area contributed by atoms with Gasteiger partial charge in [0.05, 0.1) is 21.7 Å². The molecule has 2 heterocycles. The van der Waals surface area contributed by atoms with Gasteiger partial charge in [0.25, 0.3) is 5.69 Å². The lowest BCUT2D eigenvalue weighted by atomic mass is 9.95. The Hall–Kier alpha value is -3.25. The first-order valence-electron chi connectivity index (χ1n) is 7.81. The minimum Gasteiger partial charge on any atom is -0.356 e.